The van der Waals surface area contributed by atoms with Crippen LogP contribution in [0.25, 0.3) is 16.6 Å². The highest BCUT2D eigenvalue weighted by molar-refractivity contribution is 5.83. The monoisotopic (exact) mass is 454 g/mol. The first-order valence-electron chi connectivity index (χ1n) is 12.1. The van der Waals surface area contributed by atoms with Gasteiger partial charge >= 0.3 is 0 Å². The molecule has 1 saturated carbocycles. The largest absolute Gasteiger partial charge is 0.340 e. The van der Waals surface area contributed by atoms with Gasteiger partial charge in [0.1, 0.15) is 5.82 Å². The fraction of sp³-hybridized carbons (Fsp3) is 0.370. The van der Waals surface area contributed by atoms with Gasteiger partial charge in [0.2, 0.25) is 0 Å². The molecule has 0 bridgehead atoms. The topological polar surface area (TPSA) is 76.8 Å². The number of aromatic nitrogens is 4. The SMILES string of the molecule is CC(C)(C)c1cc(-n2c3cc(Nc4ccc5c(c4)CCNC5)ncc3c(=O)n2C2CC2)ccn1. The first kappa shape index (κ1) is 21.1. The second-order valence-corrected chi connectivity index (χ2v) is 10.5. The van der Waals surface area contributed by atoms with Crippen LogP contribution in [0.15, 0.2) is 53.6 Å². The van der Waals surface area contributed by atoms with Crippen molar-refractivity contribution in [2.24, 2.45) is 0 Å². The molecule has 174 valence electrons. The number of hydrogen-bond donors (Lipinski definition) is 2. The Morgan fingerprint density at radius 1 is 1.06 bits per heavy atom. The van der Waals surface area contributed by atoms with Gasteiger partial charge in [0.25, 0.3) is 5.56 Å². The average Bonchev–Trinajstić information content (AvgIpc) is 3.62. The molecule has 0 saturated heterocycles. The van der Waals surface area contributed by atoms with Crippen LogP contribution in [-0.2, 0) is 18.4 Å². The predicted molar refractivity (Wildman–Crippen MR) is 135 cm³/mol. The van der Waals surface area contributed by atoms with Crippen LogP contribution in [0.5, 0.6) is 0 Å². The number of hydrogen-bond acceptors (Lipinski definition) is 5. The highest BCUT2D eigenvalue weighted by Crippen LogP contribution is 2.36. The number of rotatable bonds is 4. The third kappa shape index (κ3) is 3.70. The summed E-state index contributed by atoms with van der Waals surface area (Å²) in [6, 6.07) is 12.8. The van der Waals surface area contributed by atoms with E-state index in [1.807, 2.05) is 23.0 Å². The van der Waals surface area contributed by atoms with Crippen LogP contribution < -0.4 is 16.2 Å². The van der Waals surface area contributed by atoms with Gasteiger partial charge in [-0.1, -0.05) is 26.8 Å². The van der Waals surface area contributed by atoms with E-state index < -0.39 is 0 Å². The molecule has 0 radical (unpaired) electrons. The lowest BCUT2D eigenvalue weighted by atomic mass is 9.91. The highest BCUT2D eigenvalue weighted by Gasteiger charge is 2.30. The fourth-order valence-electron chi connectivity index (χ4n) is 4.76. The van der Waals surface area contributed by atoms with Crippen LogP contribution in [-0.4, -0.2) is 25.9 Å². The molecule has 2 aliphatic rings. The number of nitrogens with zero attached hydrogens (tertiary/aromatic N) is 4. The minimum absolute atomic E-state index is 0.0203. The van der Waals surface area contributed by atoms with E-state index in [0.717, 1.165) is 60.8 Å². The molecule has 4 aromatic rings. The van der Waals surface area contributed by atoms with Gasteiger partial charge in [-0.25, -0.2) is 14.3 Å². The summed E-state index contributed by atoms with van der Waals surface area (Å²) >= 11 is 0. The Labute approximate surface area is 198 Å². The maximum atomic E-state index is 13.4. The Morgan fingerprint density at radius 2 is 1.91 bits per heavy atom. The second kappa shape index (κ2) is 7.81. The van der Waals surface area contributed by atoms with Crippen molar-refractivity contribution in [1.29, 1.82) is 0 Å². The van der Waals surface area contributed by atoms with Crippen LogP contribution in [0.2, 0.25) is 0 Å². The van der Waals surface area contributed by atoms with Gasteiger partial charge in [0.05, 0.1) is 22.6 Å². The number of pyridine rings is 2. The smallest absolute Gasteiger partial charge is 0.276 e. The van der Waals surface area contributed by atoms with Crippen molar-refractivity contribution in [3.8, 4) is 5.69 Å². The van der Waals surface area contributed by atoms with Crippen molar-refractivity contribution in [3.63, 3.8) is 0 Å². The minimum Gasteiger partial charge on any atom is -0.340 e. The van der Waals surface area contributed by atoms with E-state index in [9.17, 15) is 4.79 Å². The van der Waals surface area contributed by atoms with Crippen LogP contribution in [0.1, 0.15) is 56.5 Å². The van der Waals surface area contributed by atoms with Gasteiger partial charge < -0.3 is 10.6 Å². The van der Waals surface area contributed by atoms with Gasteiger partial charge in [0, 0.05) is 41.8 Å². The lowest BCUT2D eigenvalue weighted by molar-refractivity contribution is 0.551. The molecule has 3 aromatic heterocycles. The third-order valence-electron chi connectivity index (χ3n) is 6.78. The zero-order chi connectivity index (χ0) is 23.4. The lowest BCUT2D eigenvalue weighted by Gasteiger charge is -2.20. The lowest BCUT2D eigenvalue weighted by Crippen LogP contribution is -2.23. The molecule has 6 rings (SSSR count). The number of nitrogens with one attached hydrogen (secondary N) is 2. The molecule has 1 fully saturated rings. The molecule has 1 aromatic carbocycles. The fourth-order valence-corrected chi connectivity index (χ4v) is 4.76. The second-order valence-electron chi connectivity index (χ2n) is 10.5. The summed E-state index contributed by atoms with van der Waals surface area (Å²) in [4.78, 5) is 22.6. The third-order valence-corrected chi connectivity index (χ3v) is 6.78. The maximum Gasteiger partial charge on any atom is 0.276 e. The molecular weight excluding hydrogens is 424 g/mol. The summed E-state index contributed by atoms with van der Waals surface area (Å²) in [5.41, 5.74) is 6.49. The van der Waals surface area contributed by atoms with Crippen LogP contribution in [0.3, 0.4) is 0 Å². The molecule has 2 N–H and O–H groups in total. The molecule has 1 aliphatic carbocycles. The first-order chi connectivity index (χ1) is 16.4. The zero-order valence-electron chi connectivity index (χ0n) is 19.9. The first-order valence-corrected chi connectivity index (χ1v) is 12.1. The van der Waals surface area contributed by atoms with Gasteiger partial charge in [0.15, 0.2) is 0 Å². The van der Waals surface area contributed by atoms with Crippen molar-refractivity contribution in [1.82, 2.24) is 24.6 Å². The summed E-state index contributed by atoms with van der Waals surface area (Å²) < 4.78 is 3.97. The van der Waals surface area contributed by atoms with E-state index in [-0.39, 0.29) is 17.0 Å². The van der Waals surface area contributed by atoms with Crippen molar-refractivity contribution in [2.45, 2.75) is 58.0 Å². The molecule has 7 heteroatoms. The molecule has 7 nitrogen and oxygen atoms in total. The summed E-state index contributed by atoms with van der Waals surface area (Å²) in [5.74, 6) is 0.730. The Balaban J connectivity index is 1.46. The summed E-state index contributed by atoms with van der Waals surface area (Å²) in [6.45, 7) is 8.39. The Morgan fingerprint density at radius 3 is 2.71 bits per heavy atom. The van der Waals surface area contributed by atoms with Crippen LogP contribution in [0.4, 0.5) is 11.5 Å². The molecule has 0 spiro atoms. The van der Waals surface area contributed by atoms with Crippen LogP contribution >= 0.6 is 0 Å². The molecule has 0 amide bonds. The number of anilines is 2. The quantitative estimate of drug-likeness (QED) is 0.471. The summed E-state index contributed by atoms with van der Waals surface area (Å²) in [5, 5.41) is 7.52. The molecule has 0 atom stereocenters. The van der Waals surface area contributed by atoms with Gasteiger partial charge in [-0.15, -0.1) is 0 Å². The van der Waals surface area contributed by atoms with Gasteiger partial charge in [-0.05, 0) is 61.2 Å². The van der Waals surface area contributed by atoms with E-state index >= 15 is 0 Å². The van der Waals surface area contributed by atoms with Crippen molar-refractivity contribution < 1.29 is 0 Å². The van der Waals surface area contributed by atoms with Gasteiger partial charge in [-0.3, -0.25) is 9.78 Å². The zero-order valence-corrected chi connectivity index (χ0v) is 19.9. The van der Waals surface area contributed by atoms with E-state index in [2.05, 4.69) is 70.3 Å². The molecular formula is C27H30N6O. The van der Waals surface area contributed by atoms with Crippen molar-refractivity contribution in [2.75, 3.05) is 11.9 Å². The van der Waals surface area contributed by atoms with Crippen molar-refractivity contribution >= 4 is 22.4 Å². The standard InChI is InChI=1S/C27H30N6O/c1-27(2,3)24-13-21(9-11-29-24)32-23-14-25(30-16-22(23)26(34)33(32)20-6-7-20)31-19-5-4-18-15-28-10-8-17(18)12-19/h4-5,9,11-14,16,20,28H,6-8,10,15H2,1-3H3,(H,30,31). The van der Waals surface area contributed by atoms with E-state index in [1.165, 1.54) is 11.1 Å². The normalized spacial score (nSPS) is 16.0. The van der Waals surface area contributed by atoms with E-state index in [0.29, 0.717) is 5.39 Å². The minimum atomic E-state index is -0.0834. The average molecular weight is 455 g/mol. The van der Waals surface area contributed by atoms with E-state index in [1.54, 1.807) is 6.20 Å². The molecule has 1 aliphatic heterocycles. The van der Waals surface area contributed by atoms with Gasteiger partial charge in [-0.2, -0.15) is 0 Å². The number of fused-ring (bicyclic) bond motifs is 2. The Kier molecular flexibility index (Phi) is 4.85. The number of benzene rings is 1. The summed E-state index contributed by atoms with van der Waals surface area (Å²) in [7, 11) is 0. The van der Waals surface area contributed by atoms with Crippen LogP contribution in [0, 0.1) is 0 Å². The Bertz CT molecular complexity index is 1450. The highest BCUT2D eigenvalue weighted by atomic mass is 16.1. The predicted octanol–water partition coefficient (Wildman–Crippen LogP) is 4.60. The molecule has 34 heavy (non-hydrogen) atoms. The summed E-state index contributed by atoms with van der Waals surface area (Å²) in [6.07, 6.45) is 6.63. The maximum absolute atomic E-state index is 13.4. The molecule has 4 heterocycles. The van der Waals surface area contributed by atoms with Crippen molar-refractivity contribution in [3.05, 3.63) is 76.0 Å². The van der Waals surface area contributed by atoms with E-state index in [4.69, 9.17) is 0 Å². The molecule has 0 unspecified atom stereocenters. The Hall–Kier alpha value is -3.45.